The maximum absolute atomic E-state index is 14.0. The van der Waals surface area contributed by atoms with Crippen LogP contribution in [0.5, 0.6) is 0 Å². The van der Waals surface area contributed by atoms with Crippen LogP contribution in [0, 0.1) is 11.6 Å². The fraction of sp³-hybridized carbons (Fsp3) is 0.167. The Balaban J connectivity index is 1.65. The molecule has 0 spiro atoms. The van der Waals surface area contributed by atoms with Gasteiger partial charge in [0.2, 0.25) is 0 Å². The molecular formula is C18H14F2N2S3. The second kappa shape index (κ2) is 6.82. The van der Waals surface area contributed by atoms with E-state index in [-0.39, 0.29) is 11.7 Å². The van der Waals surface area contributed by atoms with Gasteiger partial charge >= 0.3 is 0 Å². The molecule has 2 aromatic heterocycles. The van der Waals surface area contributed by atoms with Gasteiger partial charge in [0, 0.05) is 22.4 Å². The van der Waals surface area contributed by atoms with Gasteiger partial charge < -0.3 is 10.2 Å². The van der Waals surface area contributed by atoms with Crippen molar-refractivity contribution in [3.8, 4) is 0 Å². The summed E-state index contributed by atoms with van der Waals surface area (Å²) in [5.74, 6) is -1.26. The lowest BCUT2D eigenvalue weighted by Gasteiger charge is -2.37. The Kier molecular flexibility index (Phi) is 4.54. The maximum atomic E-state index is 14.0. The van der Waals surface area contributed by atoms with Gasteiger partial charge in [-0.25, -0.2) is 8.78 Å². The van der Waals surface area contributed by atoms with Crippen LogP contribution >= 0.6 is 34.9 Å². The maximum Gasteiger partial charge on any atom is 0.174 e. The predicted octanol–water partition coefficient (Wildman–Crippen LogP) is 5.43. The first kappa shape index (κ1) is 16.6. The minimum absolute atomic E-state index is 0.0264. The van der Waals surface area contributed by atoms with E-state index in [9.17, 15) is 8.78 Å². The molecule has 3 heterocycles. The van der Waals surface area contributed by atoms with Gasteiger partial charge in [-0.1, -0.05) is 6.07 Å². The second-order valence-corrected chi connectivity index (χ2v) is 8.08. The van der Waals surface area contributed by atoms with Gasteiger partial charge in [0.25, 0.3) is 0 Å². The fourth-order valence-corrected chi connectivity index (χ4v) is 5.13. The van der Waals surface area contributed by atoms with E-state index in [0.717, 1.165) is 19.0 Å². The summed E-state index contributed by atoms with van der Waals surface area (Å²) in [5.41, 5.74) is 1.44. The van der Waals surface area contributed by atoms with Crippen molar-refractivity contribution in [3.63, 3.8) is 0 Å². The first-order valence-corrected chi connectivity index (χ1v) is 9.92. The average Bonchev–Trinajstić information content (AvgIpc) is 3.27. The first-order chi connectivity index (χ1) is 12.1. The number of nitrogens with one attached hydrogen (secondary N) is 1. The lowest BCUT2D eigenvalue weighted by Crippen LogP contribution is -2.42. The Hall–Kier alpha value is -1.83. The summed E-state index contributed by atoms with van der Waals surface area (Å²) in [6, 6.07) is 9.73. The Labute approximate surface area is 157 Å². The first-order valence-electron chi connectivity index (χ1n) is 7.76. The van der Waals surface area contributed by atoms with Crippen LogP contribution in [0.3, 0.4) is 0 Å². The smallest absolute Gasteiger partial charge is 0.174 e. The highest BCUT2D eigenvalue weighted by molar-refractivity contribution is 7.80. The molecule has 4 rings (SSSR count). The quantitative estimate of drug-likeness (QED) is 0.585. The number of halogens is 2. The van der Waals surface area contributed by atoms with Gasteiger partial charge in [-0.3, -0.25) is 0 Å². The number of benzene rings is 1. The number of nitrogens with zero attached hydrogens (tertiary/aromatic N) is 1. The fourth-order valence-electron chi connectivity index (χ4n) is 3.07. The van der Waals surface area contributed by atoms with Crippen LogP contribution in [0.15, 0.2) is 47.2 Å². The lowest BCUT2D eigenvalue weighted by molar-refractivity contribution is 0.350. The molecule has 0 saturated heterocycles. The van der Waals surface area contributed by atoms with Crippen molar-refractivity contribution in [1.82, 2.24) is 4.90 Å². The van der Waals surface area contributed by atoms with E-state index in [4.69, 9.17) is 12.2 Å². The van der Waals surface area contributed by atoms with Crippen molar-refractivity contribution in [2.75, 3.05) is 11.9 Å². The van der Waals surface area contributed by atoms with Crippen LogP contribution in [-0.4, -0.2) is 16.6 Å². The average molecular weight is 393 g/mol. The van der Waals surface area contributed by atoms with Crippen LogP contribution < -0.4 is 5.32 Å². The summed E-state index contributed by atoms with van der Waals surface area (Å²) in [5, 5.41) is 7.54. The monoisotopic (exact) mass is 392 g/mol. The van der Waals surface area contributed by atoms with Crippen LogP contribution in [0.1, 0.15) is 21.4 Å². The number of anilines is 1. The molecule has 1 N–H and O–H groups in total. The summed E-state index contributed by atoms with van der Waals surface area (Å²) in [7, 11) is 0. The molecular weight excluding hydrogens is 378 g/mol. The largest absolute Gasteiger partial charge is 0.337 e. The SMILES string of the molecule is Fc1ccc(NC(=S)N2CCc3sccc3C2c2cccs2)c(F)c1. The predicted molar refractivity (Wildman–Crippen MR) is 103 cm³/mol. The van der Waals surface area contributed by atoms with E-state index >= 15 is 0 Å². The number of hydrogen-bond donors (Lipinski definition) is 1. The van der Waals surface area contributed by atoms with Gasteiger partial charge in [0.15, 0.2) is 5.11 Å². The van der Waals surface area contributed by atoms with E-state index in [1.807, 2.05) is 11.4 Å². The van der Waals surface area contributed by atoms with Crippen LogP contribution in [0.25, 0.3) is 0 Å². The summed E-state index contributed by atoms with van der Waals surface area (Å²) < 4.78 is 27.1. The molecule has 1 aromatic carbocycles. The number of fused-ring (bicyclic) bond motifs is 1. The molecule has 1 aliphatic rings. The zero-order valence-corrected chi connectivity index (χ0v) is 15.5. The number of thiocarbonyl (C=S) groups is 1. The molecule has 0 fully saturated rings. The Morgan fingerprint density at radius 1 is 1.16 bits per heavy atom. The molecule has 0 aliphatic carbocycles. The van der Waals surface area contributed by atoms with Gasteiger partial charge in [-0.2, -0.15) is 0 Å². The topological polar surface area (TPSA) is 15.3 Å². The van der Waals surface area contributed by atoms with Crippen molar-refractivity contribution in [3.05, 3.63) is 74.1 Å². The lowest BCUT2D eigenvalue weighted by atomic mass is 9.99. The van der Waals surface area contributed by atoms with E-state index in [2.05, 4.69) is 27.7 Å². The number of thiophene rings is 2. The molecule has 25 heavy (non-hydrogen) atoms. The molecule has 7 heteroatoms. The van der Waals surface area contributed by atoms with Crippen molar-refractivity contribution < 1.29 is 8.78 Å². The summed E-state index contributed by atoms with van der Waals surface area (Å²) in [6.07, 6.45) is 0.905. The minimum atomic E-state index is -0.650. The molecule has 128 valence electrons. The van der Waals surface area contributed by atoms with Gasteiger partial charge in [-0.05, 0) is 59.2 Å². The molecule has 0 bridgehead atoms. The Morgan fingerprint density at radius 2 is 2.04 bits per heavy atom. The normalized spacial score (nSPS) is 16.6. The van der Waals surface area contributed by atoms with Crippen molar-refractivity contribution in [2.45, 2.75) is 12.5 Å². The third-order valence-corrected chi connectivity index (χ3v) is 6.47. The molecule has 0 saturated carbocycles. The van der Waals surface area contributed by atoms with Crippen molar-refractivity contribution >= 4 is 45.7 Å². The molecule has 0 radical (unpaired) electrons. The summed E-state index contributed by atoms with van der Waals surface area (Å²) in [6.45, 7) is 0.755. The molecule has 1 unspecified atom stereocenters. The third kappa shape index (κ3) is 3.19. The van der Waals surface area contributed by atoms with Crippen molar-refractivity contribution in [2.24, 2.45) is 0 Å². The molecule has 1 aliphatic heterocycles. The Bertz CT molecular complexity index is 905. The highest BCUT2D eigenvalue weighted by Gasteiger charge is 2.32. The standard InChI is InChI=1S/C18H14F2N2S3/c19-11-3-4-14(13(20)10-11)21-18(23)22-7-5-15-12(6-9-25-15)17(22)16-2-1-8-24-16/h1-4,6,8-10,17H,5,7H2,(H,21,23). The van der Waals surface area contributed by atoms with E-state index < -0.39 is 11.6 Å². The number of hydrogen-bond acceptors (Lipinski definition) is 3. The zero-order chi connectivity index (χ0) is 17.4. The summed E-state index contributed by atoms with van der Waals surface area (Å²) in [4.78, 5) is 4.65. The van der Waals surface area contributed by atoms with E-state index in [1.165, 1.54) is 27.5 Å². The second-order valence-electron chi connectivity index (χ2n) is 5.71. The zero-order valence-electron chi connectivity index (χ0n) is 13.0. The summed E-state index contributed by atoms with van der Waals surface area (Å²) >= 11 is 9.01. The Morgan fingerprint density at radius 3 is 2.80 bits per heavy atom. The molecule has 2 nitrogen and oxygen atoms in total. The third-order valence-electron chi connectivity index (χ3n) is 4.21. The van der Waals surface area contributed by atoms with E-state index in [1.54, 1.807) is 22.7 Å². The minimum Gasteiger partial charge on any atom is -0.337 e. The van der Waals surface area contributed by atoms with Crippen LogP contribution in [0.4, 0.5) is 14.5 Å². The molecule has 1 atom stereocenters. The molecule has 0 amide bonds. The van der Waals surface area contributed by atoms with Crippen molar-refractivity contribution in [1.29, 1.82) is 0 Å². The molecule has 3 aromatic rings. The van der Waals surface area contributed by atoms with Gasteiger partial charge in [-0.15, -0.1) is 22.7 Å². The highest BCUT2D eigenvalue weighted by Crippen LogP contribution is 2.39. The van der Waals surface area contributed by atoms with Crippen LogP contribution in [-0.2, 0) is 6.42 Å². The van der Waals surface area contributed by atoms with Crippen LogP contribution in [0.2, 0.25) is 0 Å². The number of rotatable bonds is 2. The van der Waals surface area contributed by atoms with Gasteiger partial charge in [0.1, 0.15) is 11.6 Å². The van der Waals surface area contributed by atoms with E-state index in [0.29, 0.717) is 5.11 Å². The van der Waals surface area contributed by atoms with Gasteiger partial charge in [0.05, 0.1) is 11.7 Å². The highest BCUT2D eigenvalue weighted by atomic mass is 32.1.